The highest BCUT2D eigenvalue weighted by Crippen LogP contribution is 2.20. The summed E-state index contributed by atoms with van der Waals surface area (Å²) >= 11 is 0. The van der Waals surface area contributed by atoms with E-state index in [0.29, 0.717) is 6.61 Å². The second-order valence-corrected chi connectivity index (χ2v) is 8.05. The van der Waals surface area contributed by atoms with Crippen LogP contribution in [0.25, 0.3) is 0 Å². The molecule has 0 radical (unpaired) electrons. The van der Waals surface area contributed by atoms with Gasteiger partial charge in [-0.15, -0.1) is 0 Å². The molecule has 0 aromatic heterocycles. The fourth-order valence-electron chi connectivity index (χ4n) is 2.90. The Morgan fingerprint density at radius 1 is 1.26 bits per heavy atom. The van der Waals surface area contributed by atoms with Crippen molar-refractivity contribution in [1.82, 2.24) is 10.2 Å². The third kappa shape index (κ3) is 5.96. The average Bonchev–Trinajstić information content (AvgIpc) is 2.53. The van der Waals surface area contributed by atoms with Crippen LogP contribution in [0.2, 0.25) is 0 Å². The fraction of sp³-hybridized carbons (Fsp3) is 0.944. The van der Waals surface area contributed by atoms with Crippen molar-refractivity contribution >= 4 is 6.03 Å². The number of urea groups is 1. The topological polar surface area (TPSA) is 50.8 Å². The van der Waals surface area contributed by atoms with Gasteiger partial charge in [0.05, 0.1) is 18.8 Å². The Balaban J connectivity index is 1.66. The molecule has 134 valence electrons. The van der Waals surface area contributed by atoms with Crippen molar-refractivity contribution in [2.75, 3.05) is 26.3 Å². The summed E-state index contributed by atoms with van der Waals surface area (Å²) < 4.78 is 11.7. The molecule has 5 heteroatoms. The SMILES string of the molecule is C[C@@H](NC(=O)N1CCC(OC[C@@H]2CCCCO2)CC1)C(C)(C)C. The first kappa shape index (κ1) is 18.5. The van der Waals surface area contributed by atoms with Gasteiger partial charge in [-0.05, 0) is 44.4 Å². The Morgan fingerprint density at radius 3 is 2.52 bits per heavy atom. The average molecular weight is 326 g/mol. The molecule has 2 heterocycles. The van der Waals surface area contributed by atoms with E-state index in [-0.39, 0.29) is 29.7 Å². The molecule has 2 atom stereocenters. The molecule has 1 N–H and O–H groups in total. The van der Waals surface area contributed by atoms with Crippen LogP contribution in [0, 0.1) is 5.41 Å². The number of piperidine rings is 1. The largest absolute Gasteiger partial charge is 0.376 e. The minimum absolute atomic E-state index is 0.0569. The molecule has 0 aromatic rings. The van der Waals surface area contributed by atoms with E-state index in [1.807, 2.05) is 4.90 Å². The molecule has 2 rings (SSSR count). The molecule has 2 aliphatic heterocycles. The number of carbonyl (C=O) groups excluding carboxylic acids is 1. The highest BCUT2D eigenvalue weighted by molar-refractivity contribution is 5.74. The Bertz CT molecular complexity index is 367. The van der Waals surface area contributed by atoms with Gasteiger partial charge in [0, 0.05) is 25.7 Å². The molecule has 2 saturated heterocycles. The van der Waals surface area contributed by atoms with Crippen molar-refractivity contribution in [2.24, 2.45) is 5.41 Å². The van der Waals surface area contributed by atoms with E-state index in [4.69, 9.17) is 9.47 Å². The molecule has 0 aromatic carbocycles. The Kier molecular flexibility index (Phi) is 6.72. The molecule has 2 amide bonds. The number of hydrogen-bond acceptors (Lipinski definition) is 3. The Labute approximate surface area is 141 Å². The second-order valence-electron chi connectivity index (χ2n) is 8.05. The first-order valence-corrected chi connectivity index (χ1v) is 9.15. The number of rotatable bonds is 4. The predicted octanol–water partition coefficient (Wildman–Crippen LogP) is 3.18. The van der Waals surface area contributed by atoms with Crippen molar-refractivity contribution in [3.05, 3.63) is 0 Å². The standard InChI is InChI=1S/C18H34N2O3/c1-14(18(2,3)4)19-17(21)20-10-8-15(9-11-20)23-13-16-7-5-6-12-22-16/h14-16H,5-13H2,1-4H3,(H,19,21)/t14-,16+/m1/s1. The van der Waals surface area contributed by atoms with Crippen LogP contribution in [-0.2, 0) is 9.47 Å². The maximum absolute atomic E-state index is 12.3. The number of amides is 2. The number of ether oxygens (including phenoxy) is 2. The smallest absolute Gasteiger partial charge is 0.317 e. The summed E-state index contributed by atoms with van der Waals surface area (Å²) in [5, 5.41) is 3.11. The van der Waals surface area contributed by atoms with E-state index in [1.165, 1.54) is 12.8 Å². The van der Waals surface area contributed by atoms with Gasteiger partial charge in [-0.1, -0.05) is 20.8 Å². The van der Waals surface area contributed by atoms with E-state index < -0.39 is 0 Å². The molecule has 0 unspecified atom stereocenters. The lowest BCUT2D eigenvalue weighted by Crippen LogP contribution is -2.51. The Hall–Kier alpha value is -0.810. The van der Waals surface area contributed by atoms with Gasteiger partial charge < -0.3 is 19.7 Å². The summed E-state index contributed by atoms with van der Waals surface area (Å²) in [6, 6.07) is 0.217. The van der Waals surface area contributed by atoms with Gasteiger partial charge in [0.1, 0.15) is 0 Å². The first-order chi connectivity index (χ1) is 10.9. The number of carbonyl (C=O) groups is 1. The molecule has 0 bridgehead atoms. The van der Waals surface area contributed by atoms with Crippen molar-refractivity contribution in [3.8, 4) is 0 Å². The monoisotopic (exact) mass is 326 g/mol. The van der Waals surface area contributed by atoms with Gasteiger partial charge in [-0.3, -0.25) is 0 Å². The van der Waals surface area contributed by atoms with Gasteiger partial charge in [-0.25, -0.2) is 4.79 Å². The van der Waals surface area contributed by atoms with Crippen LogP contribution in [-0.4, -0.2) is 55.5 Å². The second kappa shape index (κ2) is 8.34. The van der Waals surface area contributed by atoms with E-state index in [2.05, 4.69) is 33.0 Å². The summed E-state index contributed by atoms with van der Waals surface area (Å²) in [7, 11) is 0. The highest BCUT2D eigenvalue weighted by atomic mass is 16.5. The third-order valence-electron chi connectivity index (χ3n) is 5.16. The summed E-state index contributed by atoms with van der Waals surface area (Å²) in [6.07, 6.45) is 5.93. The lowest BCUT2D eigenvalue weighted by Gasteiger charge is -2.35. The Morgan fingerprint density at radius 2 is 1.96 bits per heavy atom. The zero-order valence-electron chi connectivity index (χ0n) is 15.3. The molecule has 2 fully saturated rings. The van der Waals surface area contributed by atoms with Crippen LogP contribution in [0.4, 0.5) is 4.79 Å². The molecule has 2 aliphatic rings. The molecule has 0 spiro atoms. The number of nitrogens with one attached hydrogen (secondary N) is 1. The number of nitrogens with zero attached hydrogens (tertiary/aromatic N) is 1. The quantitative estimate of drug-likeness (QED) is 0.863. The van der Waals surface area contributed by atoms with E-state index >= 15 is 0 Å². The zero-order chi connectivity index (χ0) is 16.9. The first-order valence-electron chi connectivity index (χ1n) is 9.15. The molecule has 5 nitrogen and oxygen atoms in total. The van der Waals surface area contributed by atoms with Crippen LogP contribution in [0.3, 0.4) is 0 Å². The van der Waals surface area contributed by atoms with Gasteiger partial charge in [-0.2, -0.15) is 0 Å². The van der Waals surface area contributed by atoms with Crippen LogP contribution in [0.15, 0.2) is 0 Å². The lowest BCUT2D eigenvalue weighted by atomic mass is 9.88. The summed E-state index contributed by atoms with van der Waals surface area (Å²) in [5.74, 6) is 0. The van der Waals surface area contributed by atoms with Gasteiger partial charge in [0.2, 0.25) is 0 Å². The number of likely N-dealkylation sites (tertiary alicyclic amines) is 1. The third-order valence-corrected chi connectivity index (χ3v) is 5.16. The molecular formula is C18H34N2O3. The van der Waals surface area contributed by atoms with Crippen molar-refractivity contribution in [2.45, 2.75) is 78.0 Å². The van der Waals surface area contributed by atoms with Crippen molar-refractivity contribution in [3.63, 3.8) is 0 Å². The van der Waals surface area contributed by atoms with Gasteiger partial charge in [0.25, 0.3) is 0 Å². The summed E-state index contributed by atoms with van der Waals surface area (Å²) in [5.41, 5.74) is 0.0804. The lowest BCUT2D eigenvalue weighted by molar-refractivity contribution is -0.0728. The van der Waals surface area contributed by atoms with Gasteiger partial charge in [0.15, 0.2) is 0 Å². The maximum Gasteiger partial charge on any atom is 0.317 e. The molecular weight excluding hydrogens is 292 g/mol. The van der Waals surface area contributed by atoms with Crippen LogP contribution in [0.5, 0.6) is 0 Å². The summed E-state index contributed by atoms with van der Waals surface area (Å²) in [4.78, 5) is 14.2. The maximum atomic E-state index is 12.3. The van der Waals surface area contributed by atoms with Crippen molar-refractivity contribution in [1.29, 1.82) is 0 Å². The minimum atomic E-state index is 0.0569. The van der Waals surface area contributed by atoms with E-state index in [9.17, 15) is 4.79 Å². The van der Waals surface area contributed by atoms with Crippen LogP contribution in [0.1, 0.15) is 59.8 Å². The molecule has 0 aliphatic carbocycles. The van der Waals surface area contributed by atoms with Crippen LogP contribution >= 0.6 is 0 Å². The summed E-state index contributed by atoms with van der Waals surface area (Å²) in [6.45, 7) is 11.6. The van der Waals surface area contributed by atoms with E-state index in [1.54, 1.807) is 0 Å². The fourth-order valence-corrected chi connectivity index (χ4v) is 2.90. The van der Waals surface area contributed by atoms with Crippen molar-refractivity contribution < 1.29 is 14.3 Å². The minimum Gasteiger partial charge on any atom is -0.376 e. The molecule has 23 heavy (non-hydrogen) atoms. The highest BCUT2D eigenvalue weighted by Gasteiger charge is 2.27. The normalized spacial score (nSPS) is 25.2. The predicted molar refractivity (Wildman–Crippen MR) is 91.6 cm³/mol. The zero-order valence-corrected chi connectivity index (χ0v) is 15.3. The van der Waals surface area contributed by atoms with E-state index in [0.717, 1.165) is 39.0 Å². The van der Waals surface area contributed by atoms with Gasteiger partial charge >= 0.3 is 6.03 Å². The molecule has 0 saturated carbocycles. The van der Waals surface area contributed by atoms with Crippen LogP contribution < -0.4 is 5.32 Å². The number of hydrogen-bond donors (Lipinski definition) is 1.